The highest BCUT2D eigenvalue weighted by atomic mass is 14.8. The van der Waals surface area contributed by atoms with E-state index in [-0.39, 0.29) is 0 Å². The summed E-state index contributed by atoms with van der Waals surface area (Å²) in [5.74, 6) is 0. The molecular weight excluding hydrogens is 352 g/mol. The molecule has 0 radical (unpaired) electrons. The summed E-state index contributed by atoms with van der Waals surface area (Å²) >= 11 is 0. The highest BCUT2D eigenvalue weighted by molar-refractivity contribution is 5.85. The largest absolute Gasteiger partial charge is 0.259 e. The molecule has 0 saturated carbocycles. The van der Waals surface area contributed by atoms with Crippen LogP contribution in [-0.4, -0.2) is 9.97 Å². The van der Waals surface area contributed by atoms with Crippen molar-refractivity contribution in [3.63, 3.8) is 0 Å². The summed E-state index contributed by atoms with van der Waals surface area (Å²) < 4.78 is 0. The zero-order valence-electron chi connectivity index (χ0n) is 17.3. The van der Waals surface area contributed by atoms with Crippen molar-refractivity contribution in [3.05, 3.63) is 118 Å². The molecule has 29 heavy (non-hydrogen) atoms. The molecule has 5 rings (SSSR count). The van der Waals surface area contributed by atoms with Crippen molar-refractivity contribution in [2.24, 2.45) is 0 Å². The molecule has 0 bridgehead atoms. The summed E-state index contributed by atoms with van der Waals surface area (Å²) in [5.41, 5.74) is 11.4. The number of aromatic nitrogens is 2. The van der Waals surface area contributed by atoms with Crippen LogP contribution < -0.4 is 0 Å². The average Bonchev–Trinajstić information content (AvgIpc) is 2.99. The van der Waals surface area contributed by atoms with E-state index in [1.54, 1.807) is 0 Å². The van der Waals surface area contributed by atoms with Gasteiger partial charge in [-0.15, -0.1) is 0 Å². The van der Waals surface area contributed by atoms with Crippen LogP contribution in [0.1, 0.15) is 44.8 Å². The van der Waals surface area contributed by atoms with E-state index < -0.39 is 5.41 Å². The summed E-state index contributed by atoms with van der Waals surface area (Å²) in [6.07, 6.45) is 3.93. The van der Waals surface area contributed by atoms with Crippen molar-refractivity contribution < 1.29 is 0 Å². The topological polar surface area (TPSA) is 25.8 Å². The number of aryl methyl sites for hydroxylation is 4. The zero-order chi connectivity index (χ0) is 20.2. The van der Waals surface area contributed by atoms with Crippen LogP contribution in [0.15, 0.2) is 73.1 Å². The molecule has 0 atom stereocenters. The second kappa shape index (κ2) is 6.38. The quantitative estimate of drug-likeness (QED) is 0.373. The maximum Gasteiger partial charge on any atom is 0.106 e. The maximum absolute atomic E-state index is 4.95. The van der Waals surface area contributed by atoms with E-state index in [9.17, 15) is 0 Å². The monoisotopic (exact) mass is 376 g/mol. The van der Waals surface area contributed by atoms with Gasteiger partial charge in [-0.3, -0.25) is 9.97 Å². The lowest BCUT2D eigenvalue weighted by molar-refractivity contribution is 0.703. The van der Waals surface area contributed by atoms with Crippen LogP contribution in [0.3, 0.4) is 0 Å². The van der Waals surface area contributed by atoms with Crippen LogP contribution in [-0.2, 0) is 5.41 Å². The molecule has 2 aromatic carbocycles. The van der Waals surface area contributed by atoms with Gasteiger partial charge in [-0.2, -0.15) is 0 Å². The van der Waals surface area contributed by atoms with Gasteiger partial charge in [0.1, 0.15) is 5.41 Å². The third-order valence-electron chi connectivity index (χ3n) is 6.04. The molecule has 0 N–H and O–H groups in total. The molecule has 142 valence electrons. The van der Waals surface area contributed by atoms with Crippen molar-refractivity contribution in [2.45, 2.75) is 33.1 Å². The van der Waals surface area contributed by atoms with E-state index in [4.69, 9.17) is 9.97 Å². The first-order chi connectivity index (χ1) is 14.0. The van der Waals surface area contributed by atoms with Crippen molar-refractivity contribution in [2.75, 3.05) is 0 Å². The van der Waals surface area contributed by atoms with E-state index in [1.807, 2.05) is 12.4 Å². The molecule has 2 aromatic heterocycles. The van der Waals surface area contributed by atoms with E-state index in [2.05, 4.69) is 88.4 Å². The van der Waals surface area contributed by atoms with Crippen LogP contribution in [0.4, 0.5) is 0 Å². The Morgan fingerprint density at radius 1 is 0.517 bits per heavy atom. The van der Waals surface area contributed by atoms with Crippen molar-refractivity contribution in [3.8, 4) is 11.1 Å². The van der Waals surface area contributed by atoms with Crippen molar-refractivity contribution in [1.29, 1.82) is 0 Å². The molecule has 0 saturated heterocycles. The number of rotatable bonds is 2. The molecule has 1 aliphatic carbocycles. The van der Waals surface area contributed by atoms with Gasteiger partial charge in [0, 0.05) is 12.4 Å². The average molecular weight is 377 g/mol. The number of benzene rings is 2. The standard InChI is InChI=1S/C27H24N2/c1-17-5-9-21-22-10-6-18(2)14-24(22)27(23(21)13-17,25-11-7-19(3)15-28-25)26-12-8-20(4)16-29-26/h5-16H,1-4H3. The molecule has 0 amide bonds. The van der Waals surface area contributed by atoms with Gasteiger partial charge in [0.2, 0.25) is 0 Å². The first-order valence-corrected chi connectivity index (χ1v) is 10.1. The van der Waals surface area contributed by atoms with Gasteiger partial charge < -0.3 is 0 Å². The van der Waals surface area contributed by atoms with Crippen LogP contribution in [0, 0.1) is 27.7 Å². The second-order valence-corrected chi connectivity index (χ2v) is 8.29. The third kappa shape index (κ3) is 2.56. The minimum absolute atomic E-state index is 0.510. The molecule has 2 nitrogen and oxygen atoms in total. The lowest BCUT2D eigenvalue weighted by Gasteiger charge is -2.32. The van der Waals surface area contributed by atoms with Crippen LogP contribution in [0.25, 0.3) is 11.1 Å². The van der Waals surface area contributed by atoms with Gasteiger partial charge in [-0.1, -0.05) is 59.7 Å². The van der Waals surface area contributed by atoms with Crippen molar-refractivity contribution in [1.82, 2.24) is 9.97 Å². The Bertz CT molecular complexity index is 1120. The molecule has 2 heterocycles. The van der Waals surface area contributed by atoms with Crippen LogP contribution >= 0.6 is 0 Å². The smallest absolute Gasteiger partial charge is 0.106 e. The van der Waals surface area contributed by atoms with E-state index in [1.165, 1.54) is 33.4 Å². The Hall–Kier alpha value is -3.26. The highest BCUT2D eigenvalue weighted by Crippen LogP contribution is 2.55. The Morgan fingerprint density at radius 3 is 1.31 bits per heavy atom. The van der Waals surface area contributed by atoms with Crippen molar-refractivity contribution >= 4 is 0 Å². The summed E-state index contributed by atoms with van der Waals surface area (Å²) in [5, 5.41) is 0. The van der Waals surface area contributed by atoms with Gasteiger partial charge in [0.05, 0.1) is 11.4 Å². The van der Waals surface area contributed by atoms with E-state index >= 15 is 0 Å². The lowest BCUT2D eigenvalue weighted by Crippen LogP contribution is -2.31. The Balaban J connectivity index is 1.97. The minimum Gasteiger partial charge on any atom is -0.259 e. The SMILES string of the molecule is Cc1ccc(C2(c3ccc(C)cn3)c3cc(C)ccc3-c3ccc(C)cc32)nc1. The summed E-state index contributed by atoms with van der Waals surface area (Å²) in [4.78, 5) is 9.90. The molecular formula is C27H24N2. The zero-order valence-corrected chi connectivity index (χ0v) is 17.3. The van der Waals surface area contributed by atoms with Crippen LogP contribution in [0.2, 0.25) is 0 Å². The Kier molecular flexibility index (Phi) is 3.92. The molecule has 0 spiro atoms. The molecule has 1 aliphatic rings. The minimum atomic E-state index is -0.510. The first kappa shape index (κ1) is 17.8. The number of pyridine rings is 2. The molecule has 0 aliphatic heterocycles. The maximum atomic E-state index is 4.95. The predicted octanol–water partition coefficient (Wildman–Crippen LogP) is 6.07. The molecule has 4 aromatic rings. The fourth-order valence-corrected chi connectivity index (χ4v) is 4.61. The number of hydrogen-bond acceptors (Lipinski definition) is 2. The van der Waals surface area contributed by atoms with Crippen LogP contribution in [0.5, 0.6) is 0 Å². The molecule has 0 fully saturated rings. The van der Waals surface area contributed by atoms with Gasteiger partial charge in [0.25, 0.3) is 0 Å². The third-order valence-corrected chi connectivity index (χ3v) is 6.04. The van der Waals surface area contributed by atoms with E-state index in [0.29, 0.717) is 0 Å². The fraction of sp³-hybridized carbons (Fsp3) is 0.185. The fourth-order valence-electron chi connectivity index (χ4n) is 4.61. The lowest BCUT2D eigenvalue weighted by atomic mass is 9.71. The number of hydrogen-bond donors (Lipinski definition) is 0. The highest BCUT2D eigenvalue weighted by Gasteiger charge is 2.48. The summed E-state index contributed by atoms with van der Waals surface area (Å²) in [7, 11) is 0. The first-order valence-electron chi connectivity index (χ1n) is 10.1. The van der Waals surface area contributed by atoms with E-state index in [0.717, 1.165) is 22.5 Å². The Labute approximate surface area is 172 Å². The molecule has 2 heteroatoms. The van der Waals surface area contributed by atoms with Gasteiger partial charge >= 0.3 is 0 Å². The van der Waals surface area contributed by atoms with Gasteiger partial charge in [0.15, 0.2) is 0 Å². The predicted molar refractivity (Wildman–Crippen MR) is 118 cm³/mol. The van der Waals surface area contributed by atoms with Gasteiger partial charge in [-0.25, -0.2) is 0 Å². The number of nitrogens with zero attached hydrogens (tertiary/aromatic N) is 2. The second-order valence-electron chi connectivity index (χ2n) is 8.29. The summed E-state index contributed by atoms with van der Waals surface area (Å²) in [6, 6.07) is 22.2. The number of fused-ring (bicyclic) bond motifs is 3. The normalized spacial score (nSPS) is 13.8. The van der Waals surface area contributed by atoms with Gasteiger partial charge in [-0.05, 0) is 73.2 Å². The summed E-state index contributed by atoms with van der Waals surface area (Å²) in [6.45, 7) is 8.48. The Morgan fingerprint density at radius 2 is 0.931 bits per heavy atom. The molecule has 0 unspecified atom stereocenters.